The standard InChI is InChI=1S/C20H33N3/c1-5-9-17(12-20(2)15-22(3)16-20)14-23(4)19(13-21)18-10-7-6-8-11-18/h6-8,10-11,13,17H,5,9,12,14-16,21H2,1-4H3/b19-13-. The minimum Gasteiger partial charge on any atom is -0.403 e. The van der Waals surface area contributed by atoms with Gasteiger partial charge in [0.2, 0.25) is 0 Å². The molecule has 0 aromatic heterocycles. The number of benzene rings is 1. The molecule has 1 fully saturated rings. The molecule has 3 heteroatoms. The number of rotatable bonds is 8. The Hall–Kier alpha value is -1.48. The molecular formula is C20H33N3. The highest BCUT2D eigenvalue weighted by Gasteiger charge is 2.38. The lowest BCUT2D eigenvalue weighted by atomic mass is 9.74. The van der Waals surface area contributed by atoms with Crippen molar-refractivity contribution in [1.29, 1.82) is 0 Å². The monoisotopic (exact) mass is 315 g/mol. The zero-order valence-electron chi connectivity index (χ0n) is 15.3. The van der Waals surface area contributed by atoms with Crippen LogP contribution in [0.25, 0.3) is 5.70 Å². The molecule has 2 N–H and O–H groups in total. The lowest BCUT2D eigenvalue weighted by Crippen LogP contribution is -2.53. The van der Waals surface area contributed by atoms with Gasteiger partial charge in [-0.2, -0.15) is 0 Å². The van der Waals surface area contributed by atoms with Gasteiger partial charge in [-0.15, -0.1) is 0 Å². The van der Waals surface area contributed by atoms with Crippen molar-refractivity contribution in [2.45, 2.75) is 33.1 Å². The van der Waals surface area contributed by atoms with Crippen LogP contribution in [-0.2, 0) is 0 Å². The van der Waals surface area contributed by atoms with Crippen LogP contribution in [0.15, 0.2) is 36.5 Å². The zero-order chi connectivity index (χ0) is 16.9. The molecule has 128 valence electrons. The topological polar surface area (TPSA) is 32.5 Å². The van der Waals surface area contributed by atoms with E-state index in [2.05, 4.69) is 62.0 Å². The molecule has 1 aliphatic rings. The van der Waals surface area contributed by atoms with Crippen molar-refractivity contribution >= 4 is 5.70 Å². The Balaban J connectivity index is 2.00. The maximum absolute atomic E-state index is 5.93. The van der Waals surface area contributed by atoms with Crippen molar-refractivity contribution in [2.75, 3.05) is 33.7 Å². The van der Waals surface area contributed by atoms with Crippen LogP contribution in [0.3, 0.4) is 0 Å². The van der Waals surface area contributed by atoms with E-state index in [1.165, 1.54) is 37.9 Å². The van der Waals surface area contributed by atoms with Crippen LogP contribution in [0.2, 0.25) is 0 Å². The van der Waals surface area contributed by atoms with E-state index in [9.17, 15) is 0 Å². The van der Waals surface area contributed by atoms with E-state index < -0.39 is 0 Å². The van der Waals surface area contributed by atoms with E-state index in [4.69, 9.17) is 5.73 Å². The summed E-state index contributed by atoms with van der Waals surface area (Å²) in [6.07, 6.45) is 5.59. The molecule has 1 aromatic rings. The fraction of sp³-hybridized carbons (Fsp3) is 0.600. The summed E-state index contributed by atoms with van der Waals surface area (Å²) in [6, 6.07) is 10.5. The lowest BCUT2D eigenvalue weighted by molar-refractivity contribution is 0.0135. The third kappa shape index (κ3) is 4.74. The third-order valence-electron chi connectivity index (χ3n) is 4.95. The van der Waals surface area contributed by atoms with Crippen molar-refractivity contribution in [1.82, 2.24) is 9.80 Å². The van der Waals surface area contributed by atoms with Crippen molar-refractivity contribution < 1.29 is 0 Å². The third-order valence-corrected chi connectivity index (χ3v) is 4.95. The lowest BCUT2D eigenvalue weighted by Gasteiger charge is -2.48. The van der Waals surface area contributed by atoms with Gasteiger partial charge in [-0.1, -0.05) is 50.6 Å². The summed E-state index contributed by atoms with van der Waals surface area (Å²) in [5.41, 5.74) is 8.75. The smallest absolute Gasteiger partial charge is 0.0594 e. The Morgan fingerprint density at radius 3 is 2.52 bits per heavy atom. The second kappa shape index (κ2) is 7.87. The number of hydrogen-bond acceptors (Lipinski definition) is 3. The predicted octanol–water partition coefficient (Wildman–Crippen LogP) is 3.63. The van der Waals surface area contributed by atoms with Crippen molar-refractivity contribution in [2.24, 2.45) is 17.1 Å². The number of nitrogens with zero attached hydrogens (tertiary/aromatic N) is 2. The van der Waals surface area contributed by atoms with Gasteiger partial charge in [0.25, 0.3) is 0 Å². The first-order valence-electron chi connectivity index (χ1n) is 8.84. The largest absolute Gasteiger partial charge is 0.403 e. The number of hydrogen-bond donors (Lipinski definition) is 1. The molecule has 0 saturated carbocycles. The summed E-state index contributed by atoms with van der Waals surface area (Å²) in [5, 5.41) is 0. The van der Waals surface area contributed by atoms with Gasteiger partial charge < -0.3 is 15.5 Å². The molecule has 3 nitrogen and oxygen atoms in total. The van der Waals surface area contributed by atoms with E-state index in [1.54, 1.807) is 6.20 Å². The van der Waals surface area contributed by atoms with E-state index in [0.29, 0.717) is 5.41 Å². The molecule has 1 heterocycles. The van der Waals surface area contributed by atoms with Crippen molar-refractivity contribution in [3.8, 4) is 0 Å². The highest BCUT2D eigenvalue weighted by Crippen LogP contribution is 2.37. The van der Waals surface area contributed by atoms with Gasteiger partial charge >= 0.3 is 0 Å². The van der Waals surface area contributed by atoms with Crippen LogP contribution in [0.1, 0.15) is 38.7 Å². The van der Waals surface area contributed by atoms with Crippen molar-refractivity contribution in [3.05, 3.63) is 42.1 Å². The van der Waals surface area contributed by atoms with E-state index >= 15 is 0 Å². The zero-order valence-corrected chi connectivity index (χ0v) is 15.3. The van der Waals surface area contributed by atoms with Crippen LogP contribution < -0.4 is 5.73 Å². The SMILES string of the molecule is CCCC(CN(C)/C(=C\N)c1ccccc1)CC1(C)CN(C)C1. The summed E-state index contributed by atoms with van der Waals surface area (Å²) in [5.74, 6) is 0.724. The first kappa shape index (κ1) is 17.9. The molecule has 0 amide bonds. The Morgan fingerprint density at radius 2 is 2.00 bits per heavy atom. The van der Waals surface area contributed by atoms with E-state index in [-0.39, 0.29) is 0 Å². The second-order valence-electron chi connectivity index (χ2n) is 7.64. The van der Waals surface area contributed by atoms with E-state index in [1.807, 2.05) is 6.07 Å². The van der Waals surface area contributed by atoms with Crippen molar-refractivity contribution in [3.63, 3.8) is 0 Å². The van der Waals surface area contributed by atoms with Gasteiger partial charge in [-0.25, -0.2) is 0 Å². The van der Waals surface area contributed by atoms with Gasteiger partial charge in [0, 0.05) is 32.9 Å². The molecule has 0 bridgehead atoms. The molecule has 23 heavy (non-hydrogen) atoms. The summed E-state index contributed by atoms with van der Waals surface area (Å²) < 4.78 is 0. The van der Waals surface area contributed by atoms with Crippen LogP contribution in [-0.4, -0.2) is 43.5 Å². The summed E-state index contributed by atoms with van der Waals surface area (Å²) in [4.78, 5) is 4.75. The van der Waals surface area contributed by atoms with Crippen LogP contribution in [0, 0.1) is 11.3 Å². The second-order valence-corrected chi connectivity index (χ2v) is 7.64. The van der Waals surface area contributed by atoms with Crippen LogP contribution >= 0.6 is 0 Å². The summed E-state index contributed by atoms with van der Waals surface area (Å²) >= 11 is 0. The minimum absolute atomic E-state index is 0.495. The number of nitrogens with two attached hydrogens (primary N) is 1. The van der Waals surface area contributed by atoms with E-state index in [0.717, 1.165) is 18.2 Å². The molecule has 0 aliphatic carbocycles. The molecule has 1 aliphatic heterocycles. The molecule has 0 radical (unpaired) electrons. The molecule has 1 atom stereocenters. The fourth-order valence-corrected chi connectivity index (χ4v) is 4.29. The first-order valence-corrected chi connectivity index (χ1v) is 8.84. The molecule has 1 unspecified atom stereocenters. The van der Waals surface area contributed by atoms with Gasteiger partial charge in [0.15, 0.2) is 0 Å². The molecule has 2 rings (SSSR count). The van der Waals surface area contributed by atoms with Gasteiger partial charge in [-0.05, 0) is 36.8 Å². The first-order chi connectivity index (χ1) is 11.0. The minimum atomic E-state index is 0.495. The molecule has 1 saturated heterocycles. The molecule has 0 spiro atoms. The Bertz CT molecular complexity index is 503. The van der Waals surface area contributed by atoms with Crippen LogP contribution in [0.5, 0.6) is 0 Å². The van der Waals surface area contributed by atoms with Gasteiger partial charge in [-0.3, -0.25) is 0 Å². The highest BCUT2D eigenvalue weighted by atomic mass is 15.2. The summed E-state index contributed by atoms with van der Waals surface area (Å²) in [6.45, 7) is 8.26. The maximum atomic E-state index is 5.93. The Kier molecular flexibility index (Phi) is 6.11. The fourth-order valence-electron chi connectivity index (χ4n) is 4.29. The average Bonchev–Trinajstić information content (AvgIpc) is 2.47. The quantitative estimate of drug-likeness (QED) is 0.795. The molecule has 1 aromatic carbocycles. The Morgan fingerprint density at radius 1 is 1.35 bits per heavy atom. The van der Waals surface area contributed by atoms with Gasteiger partial charge in [0.1, 0.15) is 0 Å². The maximum Gasteiger partial charge on any atom is 0.0594 e. The highest BCUT2D eigenvalue weighted by molar-refractivity contribution is 5.63. The predicted molar refractivity (Wildman–Crippen MR) is 99.9 cm³/mol. The Labute approximate surface area is 142 Å². The van der Waals surface area contributed by atoms with Gasteiger partial charge in [0.05, 0.1) is 5.70 Å². The summed E-state index contributed by atoms with van der Waals surface area (Å²) in [7, 11) is 4.39. The molecular weight excluding hydrogens is 282 g/mol. The normalized spacial score (nSPS) is 19.2. The van der Waals surface area contributed by atoms with Crippen LogP contribution in [0.4, 0.5) is 0 Å². The average molecular weight is 316 g/mol. The number of likely N-dealkylation sites (tertiary alicyclic amines) is 1.